The molecule has 4 N–H and O–H groups in total. The smallest absolute Gasteiger partial charge is 0.331 e. The highest BCUT2D eigenvalue weighted by Crippen LogP contribution is 2.14. The number of esters is 1. The van der Waals surface area contributed by atoms with E-state index in [9.17, 15) is 14.4 Å². The van der Waals surface area contributed by atoms with Crippen molar-refractivity contribution in [3.8, 4) is 0 Å². The second-order valence-electron chi connectivity index (χ2n) is 5.98. The summed E-state index contributed by atoms with van der Waals surface area (Å²) < 4.78 is 10.3. The number of carbonyl (C=O) groups excluding carboxylic acids is 2. The van der Waals surface area contributed by atoms with Gasteiger partial charge in [0.25, 0.3) is 0 Å². The number of amides is 1. The lowest BCUT2D eigenvalue weighted by Gasteiger charge is -2.30. The van der Waals surface area contributed by atoms with Crippen LogP contribution in [0.4, 0.5) is 0 Å². The van der Waals surface area contributed by atoms with Gasteiger partial charge in [0.15, 0.2) is 6.04 Å². The first-order chi connectivity index (χ1) is 9.97. The van der Waals surface area contributed by atoms with Crippen molar-refractivity contribution in [2.75, 3.05) is 7.11 Å². The van der Waals surface area contributed by atoms with Crippen molar-refractivity contribution in [1.82, 2.24) is 5.32 Å². The van der Waals surface area contributed by atoms with Crippen LogP contribution in [0.1, 0.15) is 40.5 Å². The number of ether oxygens (including phenoxy) is 2. The van der Waals surface area contributed by atoms with Crippen LogP contribution in [-0.2, 0) is 23.9 Å². The van der Waals surface area contributed by atoms with E-state index in [0.29, 0.717) is 0 Å². The van der Waals surface area contributed by atoms with Crippen molar-refractivity contribution >= 4 is 17.8 Å². The number of hydrogen-bond donors (Lipinski definition) is 3. The Morgan fingerprint density at radius 2 is 1.82 bits per heavy atom. The van der Waals surface area contributed by atoms with Crippen molar-refractivity contribution in [3.05, 3.63) is 0 Å². The topological polar surface area (TPSA) is 128 Å². The first-order valence-electron chi connectivity index (χ1n) is 7.01. The number of carboxylic acids is 1. The zero-order valence-corrected chi connectivity index (χ0v) is 13.7. The van der Waals surface area contributed by atoms with Gasteiger partial charge >= 0.3 is 11.9 Å². The molecule has 0 aromatic heterocycles. The fourth-order valence-electron chi connectivity index (χ4n) is 1.79. The Labute approximate surface area is 130 Å². The summed E-state index contributed by atoms with van der Waals surface area (Å²) in [5.41, 5.74) is 5.10. The number of carbonyl (C=O) groups is 3. The Hall–Kier alpha value is -1.67. The van der Waals surface area contributed by atoms with Crippen molar-refractivity contribution in [2.45, 2.75) is 64.3 Å². The maximum Gasteiger partial charge on any atom is 0.331 e. The maximum atomic E-state index is 12.0. The molecule has 0 saturated carbocycles. The zero-order chi connectivity index (χ0) is 17.5. The number of aliphatic carboxylic acids is 1. The van der Waals surface area contributed by atoms with E-state index in [2.05, 4.69) is 10.1 Å². The number of carboxylic acid groups (broad SMARTS) is 1. The first kappa shape index (κ1) is 20.3. The molecular weight excluding hydrogens is 292 g/mol. The molecule has 8 nitrogen and oxygen atoms in total. The Morgan fingerprint density at radius 1 is 1.27 bits per heavy atom. The molecule has 1 amide bonds. The minimum atomic E-state index is -1.04. The van der Waals surface area contributed by atoms with Crippen molar-refractivity contribution in [2.24, 2.45) is 5.73 Å². The van der Waals surface area contributed by atoms with Gasteiger partial charge in [-0.1, -0.05) is 0 Å². The molecule has 3 atom stereocenters. The molecular formula is C14H26N2O6. The van der Waals surface area contributed by atoms with E-state index in [1.807, 2.05) is 20.8 Å². The minimum Gasteiger partial charge on any atom is -0.481 e. The van der Waals surface area contributed by atoms with Crippen LogP contribution in [0.2, 0.25) is 0 Å². The summed E-state index contributed by atoms with van der Waals surface area (Å²) in [7, 11) is 1.20. The van der Waals surface area contributed by atoms with Gasteiger partial charge in [-0.05, 0) is 34.1 Å². The monoisotopic (exact) mass is 318 g/mol. The average Bonchev–Trinajstić information content (AvgIpc) is 2.38. The highest BCUT2D eigenvalue weighted by molar-refractivity contribution is 5.88. The van der Waals surface area contributed by atoms with E-state index in [1.54, 1.807) is 6.92 Å². The second kappa shape index (κ2) is 8.70. The zero-order valence-electron chi connectivity index (χ0n) is 13.7. The Kier molecular flexibility index (Phi) is 8.04. The van der Waals surface area contributed by atoms with Gasteiger partial charge in [0.2, 0.25) is 5.91 Å². The van der Waals surface area contributed by atoms with Crippen LogP contribution in [0.25, 0.3) is 0 Å². The van der Waals surface area contributed by atoms with E-state index >= 15 is 0 Å². The third kappa shape index (κ3) is 7.94. The van der Waals surface area contributed by atoms with E-state index < -0.39 is 41.6 Å². The number of hydrogen-bond acceptors (Lipinski definition) is 6. The molecule has 0 radical (unpaired) electrons. The molecule has 0 aliphatic heterocycles. The quantitative estimate of drug-likeness (QED) is 0.539. The van der Waals surface area contributed by atoms with Crippen LogP contribution in [0.15, 0.2) is 0 Å². The summed E-state index contributed by atoms with van der Waals surface area (Å²) in [5, 5.41) is 11.0. The normalized spacial score (nSPS) is 15.5. The molecule has 0 rings (SSSR count). The van der Waals surface area contributed by atoms with Gasteiger partial charge in [0.05, 0.1) is 24.9 Å². The van der Waals surface area contributed by atoms with Crippen LogP contribution in [0.5, 0.6) is 0 Å². The summed E-state index contributed by atoms with van der Waals surface area (Å²) in [6.45, 7) is 7.09. The Balaban J connectivity index is 4.81. The Morgan fingerprint density at radius 3 is 2.23 bits per heavy atom. The van der Waals surface area contributed by atoms with Crippen LogP contribution < -0.4 is 11.1 Å². The van der Waals surface area contributed by atoms with Crippen molar-refractivity contribution in [3.63, 3.8) is 0 Å². The van der Waals surface area contributed by atoms with Crippen molar-refractivity contribution in [1.29, 1.82) is 0 Å². The van der Waals surface area contributed by atoms with Gasteiger partial charge in [-0.15, -0.1) is 0 Å². The lowest BCUT2D eigenvalue weighted by atomic mass is 10.1. The maximum absolute atomic E-state index is 12.0. The van der Waals surface area contributed by atoms with Crippen LogP contribution in [0.3, 0.4) is 0 Å². The van der Waals surface area contributed by atoms with Crippen molar-refractivity contribution < 1.29 is 29.0 Å². The summed E-state index contributed by atoms with van der Waals surface area (Å²) in [5.74, 6) is -2.33. The first-order valence-corrected chi connectivity index (χ1v) is 7.01. The number of nitrogens with one attached hydrogen (secondary N) is 1. The number of rotatable bonds is 8. The van der Waals surface area contributed by atoms with Gasteiger partial charge in [0.1, 0.15) is 0 Å². The molecule has 0 aromatic carbocycles. The highest BCUT2D eigenvalue weighted by Gasteiger charge is 2.32. The molecule has 128 valence electrons. The standard InChI is InChI=1S/C14H26N2O6/c1-8(22-14(2,3)4)11(13(20)21-5)16-12(19)9(15)6-7-10(17)18/h8-9,11H,6-7,15H2,1-5H3,(H,16,19)(H,17,18)/t8-,9?,11-/m0/s1. The third-order valence-electron chi connectivity index (χ3n) is 2.77. The highest BCUT2D eigenvalue weighted by atomic mass is 16.5. The van der Waals surface area contributed by atoms with Gasteiger partial charge in [0, 0.05) is 6.42 Å². The second-order valence-corrected chi connectivity index (χ2v) is 5.98. The summed E-state index contributed by atoms with van der Waals surface area (Å²) in [4.78, 5) is 34.3. The van der Waals surface area contributed by atoms with E-state index in [-0.39, 0.29) is 12.8 Å². The van der Waals surface area contributed by atoms with Gasteiger partial charge in [-0.25, -0.2) is 4.79 Å². The number of methoxy groups -OCH3 is 1. The molecule has 0 heterocycles. The summed E-state index contributed by atoms with van der Waals surface area (Å²) in [6, 6.07) is -2.04. The average molecular weight is 318 g/mol. The lowest BCUT2D eigenvalue weighted by Crippen LogP contribution is -2.54. The van der Waals surface area contributed by atoms with E-state index in [4.69, 9.17) is 15.6 Å². The molecule has 8 heteroatoms. The predicted octanol–water partition coefficient (Wildman–Crippen LogP) is 0.0399. The molecule has 0 aliphatic carbocycles. The van der Waals surface area contributed by atoms with Crippen LogP contribution in [-0.4, -0.2) is 53.9 Å². The summed E-state index contributed by atoms with van der Waals surface area (Å²) in [6.07, 6.45) is -0.891. The Bertz CT molecular complexity index is 405. The fraction of sp³-hybridized carbons (Fsp3) is 0.786. The molecule has 1 unspecified atom stereocenters. The van der Waals surface area contributed by atoms with Crippen LogP contribution >= 0.6 is 0 Å². The molecule has 0 spiro atoms. The van der Waals surface area contributed by atoms with Crippen LogP contribution in [0, 0.1) is 0 Å². The minimum absolute atomic E-state index is 0.0242. The fourth-order valence-corrected chi connectivity index (χ4v) is 1.79. The van der Waals surface area contributed by atoms with Gasteiger partial charge in [-0.2, -0.15) is 0 Å². The molecule has 0 aromatic rings. The molecule has 0 aliphatic rings. The molecule has 0 bridgehead atoms. The predicted molar refractivity (Wildman–Crippen MR) is 79.1 cm³/mol. The lowest BCUT2D eigenvalue weighted by molar-refractivity contribution is -0.153. The van der Waals surface area contributed by atoms with E-state index in [1.165, 1.54) is 7.11 Å². The summed E-state index contributed by atoms with van der Waals surface area (Å²) >= 11 is 0. The number of nitrogens with two attached hydrogens (primary N) is 1. The van der Waals surface area contributed by atoms with Gasteiger partial charge in [-0.3, -0.25) is 9.59 Å². The molecule has 22 heavy (non-hydrogen) atoms. The molecule has 0 saturated heterocycles. The third-order valence-corrected chi connectivity index (χ3v) is 2.77. The molecule has 0 fully saturated rings. The van der Waals surface area contributed by atoms with E-state index in [0.717, 1.165) is 0 Å². The largest absolute Gasteiger partial charge is 0.481 e. The SMILES string of the molecule is COC(=O)[C@@H](NC(=O)C(N)CCC(=O)O)[C@H](C)OC(C)(C)C. The van der Waals surface area contributed by atoms with Gasteiger partial charge < -0.3 is 25.6 Å².